The first-order valence-corrected chi connectivity index (χ1v) is 7.86. The van der Waals surface area contributed by atoms with E-state index in [4.69, 9.17) is 5.11 Å². The van der Waals surface area contributed by atoms with Crippen LogP contribution in [0.25, 0.3) is 0 Å². The van der Waals surface area contributed by atoms with E-state index in [1.807, 2.05) is 19.0 Å². The molecule has 0 fully saturated rings. The highest BCUT2D eigenvalue weighted by Gasteiger charge is 2.24. The highest BCUT2D eigenvalue weighted by atomic mass is 32.2. The number of aliphatic hydroxyl groups is 1. The predicted octanol–water partition coefficient (Wildman–Crippen LogP) is 0.731. The van der Waals surface area contributed by atoms with Gasteiger partial charge in [0.05, 0.1) is 11.5 Å². The first-order valence-electron chi connectivity index (χ1n) is 5.60. The van der Waals surface area contributed by atoms with Crippen LogP contribution >= 0.6 is 11.3 Å². The molecule has 0 bridgehead atoms. The van der Waals surface area contributed by atoms with E-state index in [-0.39, 0.29) is 6.61 Å². The van der Waals surface area contributed by atoms with Crippen molar-refractivity contribution in [3.63, 3.8) is 0 Å². The maximum Gasteiger partial charge on any atom is 0.243 e. The summed E-state index contributed by atoms with van der Waals surface area (Å²) in [5.41, 5.74) is 0. The lowest BCUT2D eigenvalue weighted by atomic mass is 10.4. The summed E-state index contributed by atoms with van der Waals surface area (Å²) in [7, 11) is 1.94. The normalized spacial score (nSPS) is 12.6. The largest absolute Gasteiger partial charge is 0.391 e. The molecule has 7 heteroatoms. The molecule has 1 aromatic rings. The first-order chi connectivity index (χ1) is 8.28. The number of hydrogen-bond acceptors (Lipinski definition) is 5. The molecule has 0 aliphatic carbocycles. The Morgan fingerprint density at radius 2 is 1.89 bits per heavy atom. The third-order valence-corrected chi connectivity index (χ3v) is 5.78. The van der Waals surface area contributed by atoms with Crippen LogP contribution in [0.15, 0.2) is 11.0 Å². The van der Waals surface area contributed by atoms with Crippen LogP contribution in [0.5, 0.6) is 0 Å². The van der Waals surface area contributed by atoms with Crippen molar-refractivity contribution in [1.29, 1.82) is 0 Å². The fraction of sp³-hybridized carbons (Fsp3) is 0.636. The molecular formula is C11H20N2O3S2. The van der Waals surface area contributed by atoms with Crippen molar-refractivity contribution < 1.29 is 13.5 Å². The molecule has 0 radical (unpaired) electrons. The van der Waals surface area contributed by atoms with Crippen LogP contribution in [0, 0.1) is 6.92 Å². The van der Waals surface area contributed by atoms with Crippen molar-refractivity contribution in [3.05, 3.63) is 15.8 Å². The summed E-state index contributed by atoms with van der Waals surface area (Å²) in [4.78, 5) is 3.63. The molecule has 104 valence electrons. The van der Waals surface area contributed by atoms with Gasteiger partial charge in [-0.2, -0.15) is 4.31 Å². The van der Waals surface area contributed by atoms with Crippen LogP contribution in [0.3, 0.4) is 0 Å². The van der Waals surface area contributed by atoms with Crippen LogP contribution in [0.4, 0.5) is 0 Å². The van der Waals surface area contributed by atoms with E-state index in [1.165, 1.54) is 15.6 Å². The SMILES string of the molecule is Cc1sc(CO)cc1S(=O)(=O)N(C)CCN(C)C. The Morgan fingerprint density at radius 1 is 1.28 bits per heavy atom. The fourth-order valence-electron chi connectivity index (χ4n) is 1.49. The van der Waals surface area contributed by atoms with Gasteiger partial charge >= 0.3 is 0 Å². The lowest BCUT2D eigenvalue weighted by Crippen LogP contribution is -2.33. The molecule has 0 aliphatic rings. The van der Waals surface area contributed by atoms with Gasteiger partial charge in [0.25, 0.3) is 0 Å². The average molecular weight is 292 g/mol. The zero-order valence-corrected chi connectivity index (χ0v) is 12.8. The molecule has 5 nitrogen and oxygen atoms in total. The van der Waals surface area contributed by atoms with Gasteiger partial charge in [-0.05, 0) is 27.1 Å². The molecular weight excluding hydrogens is 272 g/mol. The zero-order chi connectivity index (χ0) is 13.9. The summed E-state index contributed by atoms with van der Waals surface area (Å²) in [6, 6.07) is 1.56. The lowest BCUT2D eigenvalue weighted by molar-refractivity contribution is 0.285. The number of sulfonamides is 1. The van der Waals surface area contributed by atoms with E-state index >= 15 is 0 Å². The van der Waals surface area contributed by atoms with Crippen molar-refractivity contribution in [2.75, 3.05) is 34.2 Å². The number of nitrogens with zero attached hydrogens (tertiary/aromatic N) is 2. The third-order valence-electron chi connectivity index (χ3n) is 2.63. The van der Waals surface area contributed by atoms with Gasteiger partial charge in [-0.3, -0.25) is 0 Å². The topological polar surface area (TPSA) is 60.9 Å². The van der Waals surface area contributed by atoms with Gasteiger partial charge in [0.1, 0.15) is 0 Å². The molecule has 0 aliphatic heterocycles. The summed E-state index contributed by atoms with van der Waals surface area (Å²) in [5.74, 6) is 0. The van der Waals surface area contributed by atoms with E-state index in [0.29, 0.717) is 22.9 Å². The summed E-state index contributed by atoms with van der Waals surface area (Å²) in [6.07, 6.45) is 0. The second-order valence-corrected chi connectivity index (χ2v) is 7.78. The van der Waals surface area contributed by atoms with E-state index in [1.54, 1.807) is 20.0 Å². The van der Waals surface area contributed by atoms with Crippen LogP contribution in [0.1, 0.15) is 9.75 Å². The molecule has 0 unspecified atom stereocenters. The van der Waals surface area contributed by atoms with Crippen LogP contribution in [-0.2, 0) is 16.6 Å². The van der Waals surface area contributed by atoms with E-state index in [2.05, 4.69) is 0 Å². The molecule has 1 heterocycles. The summed E-state index contributed by atoms with van der Waals surface area (Å²) in [6.45, 7) is 2.75. The Labute approximate surface area is 113 Å². The van der Waals surface area contributed by atoms with Crippen molar-refractivity contribution >= 4 is 21.4 Å². The van der Waals surface area contributed by atoms with E-state index in [0.717, 1.165) is 4.88 Å². The molecule has 18 heavy (non-hydrogen) atoms. The van der Waals surface area contributed by atoms with Gasteiger partial charge in [0.15, 0.2) is 0 Å². The van der Waals surface area contributed by atoms with Crippen LogP contribution in [-0.4, -0.2) is 57.0 Å². The molecule has 0 amide bonds. The van der Waals surface area contributed by atoms with E-state index in [9.17, 15) is 8.42 Å². The van der Waals surface area contributed by atoms with Gasteiger partial charge in [-0.15, -0.1) is 11.3 Å². The fourth-order valence-corrected chi connectivity index (χ4v) is 4.11. The Hall–Kier alpha value is -0.470. The Balaban J connectivity index is 2.94. The van der Waals surface area contributed by atoms with Crippen LogP contribution < -0.4 is 0 Å². The monoisotopic (exact) mass is 292 g/mol. The molecule has 1 N–H and O–H groups in total. The van der Waals surface area contributed by atoms with Gasteiger partial charge in [-0.25, -0.2) is 8.42 Å². The second-order valence-electron chi connectivity index (χ2n) is 4.42. The van der Waals surface area contributed by atoms with E-state index < -0.39 is 10.0 Å². The zero-order valence-electron chi connectivity index (χ0n) is 11.2. The van der Waals surface area contributed by atoms with Crippen molar-refractivity contribution in [2.45, 2.75) is 18.4 Å². The number of aryl methyl sites for hydroxylation is 1. The first kappa shape index (κ1) is 15.6. The second kappa shape index (κ2) is 6.12. The van der Waals surface area contributed by atoms with Gasteiger partial charge in [0.2, 0.25) is 10.0 Å². The van der Waals surface area contributed by atoms with Crippen LogP contribution in [0.2, 0.25) is 0 Å². The number of hydrogen-bond donors (Lipinski definition) is 1. The minimum Gasteiger partial charge on any atom is -0.391 e. The maximum absolute atomic E-state index is 12.3. The Bertz CT molecular complexity index is 494. The molecule has 0 aromatic carbocycles. The minimum atomic E-state index is -3.45. The summed E-state index contributed by atoms with van der Waals surface area (Å²) < 4.78 is 26.0. The molecule has 1 aromatic heterocycles. The number of aliphatic hydroxyl groups excluding tert-OH is 1. The predicted molar refractivity (Wildman–Crippen MR) is 73.3 cm³/mol. The number of thiophene rings is 1. The number of likely N-dealkylation sites (N-methyl/N-ethyl adjacent to an activating group) is 2. The highest BCUT2D eigenvalue weighted by Crippen LogP contribution is 2.27. The number of rotatable bonds is 6. The minimum absolute atomic E-state index is 0.123. The lowest BCUT2D eigenvalue weighted by Gasteiger charge is -2.19. The maximum atomic E-state index is 12.3. The highest BCUT2D eigenvalue weighted by molar-refractivity contribution is 7.89. The van der Waals surface area contributed by atoms with Crippen molar-refractivity contribution in [2.24, 2.45) is 0 Å². The van der Waals surface area contributed by atoms with Gasteiger partial charge < -0.3 is 10.0 Å². The van der Waals surface area contributed by atoms with Gasteiger partial charge in [-0.1, -0.05) is 0 Å². The van der Waals surface area contributed by atoms with Crippen molar-refractivity contribution in [1.82, 2.24) is 9.21 Å². The summed E-state index contributed by atoms with van der Waals surface area (Å²) in [5, 5.41) is 9.05. The third kappa shape index (κ3) is 3.52. The molecule has 0 saturated heterocycles. The quantitative estimate of drug-likeness (QED) is 0.840. The Morgan fingerprint density at radius 3 is 2.33 bits per heavy atom. The Kier molecular flexibility index (Phi) is 5.30. The average Bonchev–Trinajstić information content (AvgIpc) is 2.67. The molecule has 0 saturated carbocycles. The molecule has 0 atom stereocenters. The summed E-state index contributed by atoms with van der Waals surface area (Å²) >= 11 is 1.32. The smallest absolute Gasteiger partial charge is 0.243 e. The van der Waals surface area contributed by atoms with Crippen molar-refractivity contribution in [3.8, 4) is 0 Å². The molecule has 1 rings (SSSR count). The van der Waals surface area contributed by atoms with Gasteiger partial charge in [0, 0.05) is 29.9 Å². The molecule has 0 spiro atoms. The standard InChI is InChI=1S/C11H20N2O3S2/c1-9-11(7-10(8-14)17-9)18(15,16)13(4)6-5-12(2)3/h7,14H,5-6,8H2,1-4H3.